The lowest BCUT2D eigenvalue weighted by molar-refractivity contribution is 0.0920. The van der Waals surface area contributed by atoms with E-state index in [4.69, 9.17) is 4.42 Å². The SMILES string of the molecule is Cc1ccc(-c2cc(C(=O)NC3CCNC(C)C3)n[nH]2)o1.Cl. The van der Waals surface area contributed by atoms with Crippen molar-refractivity contribution in [2.75, 3.05) is 6.54 Å². The van der Waals surface area contributed by atoms with E-state index in [0.717, 1.165) is 25.1 Å². The van der Waals surface area contributed by atoms with Crippen LogP contribution in [0.5, 0.6) is 0 Å². The van der Waals surface area contributed by atoms with E-state index in [9.17, 15) is 4.79 Å². The van der Waals surface area contributed by atoms with Gasteiger partial charge in [-0.15, -0.1) is 12.4 Å². The molecule has 3 N–H and O–H groups in total. The normalized spacial score (nSPS) is 21.2. The Morgan fingerprint density at radius 1 is 1.45 bits per heavy atom. The summed E-state index contributed by atoms with van der Waals surface area (Å²) in [6.07, 6.45) is 1.89. The summed E-state index contributed by atoms with van der Waals surface area (Å²) in [5.41, 5.74) is 1.11. The number of piperidine rings is 1. The summed E-state index contributed by atoms with van der Waals surface area (Å²) in [5, 5.41) is 13.3. The van der Waals surface area contributed by atoms with Crippen LogP contribution in [0.1, 0.15) is 36.0 Å². The van der Waals surface area contributed by atoms with Gasteiger partial charge in [-0.3, -0.25) is 9.89 Å². The number of carbonyl (C=O) groups excluding carboxylic acids is 1. The molecule has 2 unspecified atom stereocenters. The second-order valence-electron chi connectivity index (χ2n) is 5.63. The van der Waals surface area contributed by atoms with Gasteiger partial charge in [0.25, 0.3) is 5.91 Å². The van der Waals surface area contributed by atoms with E-state index in [0.29, 0.717) is 23.2 Å². The lowest BCUT2D eigenvalue weighted by atomic mass is 10.0. The minimum atomic E-state index is -0.139. The Morgan fingerprint density at radius 3 is 2.95 bits per heavy atom. The number of nitrogens with zero attached hydrogens (tertiary/aromatic N) is 1. The van der Waals surface area contributed by atoms with Crippen molar-refractivity contribution >= 4 is 18.3 Å². The van der Waals surface area contributed by atoms with Crippen LogP contribution in [0.2, 0.25) is 0 Å². The van der Waals surface area contributed by atoms with E-state index in [2.05, 4.69) is 27.8 Å². The van der Waals surface area contributed by atoms with E-state index in [-0.39, 0.29) is 24.4 Å². The maximum Gasteiger partial charge on any atom is 0.272 e. The first-order valence-corrected chi connectivity index (χ1v) is 7.28. The first kappa shape index (κ1) is 16.6. The molecule has 0 spiro atoms. The van der Waals surface area contributed by atoms with Gasteiger partial charge >= 0.3 is 0 Å². The number of hydrogen-bond donors (Lipinski definition) is 3. The number of furan rings is 1. The van der Waals surface area contributed by atoms with Gasteiger partial charge in [0.2, 0.25) is 0 Å². The van der Waals surface area contributed by atoms with Gasteiger partial charge in [0, 0.05) is 18.2 Å². The summed E-state index contributed by atoms with van der Waals surface area (Å²) in [7, 11) is 0. The highest BCUT2D eigenvalue weighted by Gasteiger charge is 2.21. The van der Waals surface area contributed by atoms with Crippen LogP contribution in [0.3, 0.4) is 0 Å². The molecule has 120 valence electrons. The first-order chi connectivity index (χ1) is 10.1. The molecule has 0 saturated carbocycles. The Hall–Kier alpha value is -1.79. The maximum absolute atomic E-state index is 12.2. The molecule has 1 amide bonds. The van der Waals surface area contributed by atoms with Crippen molar-refractivity contribution in [2.45, 2.75) is 38.8 Å². The van der Waals surface area contributed by atoms with Gasteiger partial charge in [-0.05, 0) is 45.4 Å². The van der Waals surface area contributed by atoms with Gasteiger partial charge in [0.15, 0.2) is 11.5 Å². The number of aromatic amines is 1. The van der Waals surface area contributed by atoms with Gasteiger partial charge in [-0.2, -0.15) is 5.10 Å². The second kappa shape index (κ2) is 6.98. The van der Waals surface area contributed by atoms with Crippen LogP contribution < -0.4 is 10.6 Å². The molecule has 1 fully saturated rings. The summed E-state index contributed by atoms with van der Waals surface area (Å²) in [4.78, 5) is 12.2. The fraction of sp³-hybridized carbons (Fsp3) is 0.467. The van der Waals surface area contributed by atoms with Crippen LogP contribution in [0.25, 0.3) is 11.5 Å². The molecule has 0 aliphatic carbocycles. The molecular weight excluding hydrogens is 304 g/mol. The van der Waals surface area contributed by atoms with Gasteiger partial charge in [-0.25, -0.2) is 0 Å². The molecule has 2 aromatic heterocycles. The topological polar surface area (TPSA) is 83.0 Å². The lowest BCUT2D eigenvalue weighted by Crippen LogP contribution is -2.46. The molecule has 0 radical (unpaired) electrons. The highest BCUT2D eigenvalue weighted by molar-refractivity contribution is 5.93. The summed E-state index contributed by atoms with van der Waals surface area (Å²) in [6.45, 7) is 4.94. The Morgan fingerprint density at radius 2 is 2.27 bits per heavy atom. The van der Waals surface area contributed by atoms with Crippen LogP contribution in [0.15, 0.2) is 22.6 Å². The highest BCUT2D eigenvalue weighted by atomic mass is 35.5. The molecule has 3 heterocycles. The van der Waals surface area contributed by atoms with Gasteiger partial charge < -0.3 is 15.1 Å². The largest absolute Gasteiger partial charge is 0.460 e. The Labute approximate surface area is 135 Å². The molecule has 0 bridgehead atoms. The van der Waals surface area contributed by atoms with E-state index >= 15 is 0 Å². The average Bonchev–Trinajstić information content (AvgIpc) is 3.07. The van der Waals surface area contributed by atoms with Gasteiger partial charge in [0.05, 0.1) is 0 Å². The van der Waals surface area contributed by atoms with Crippen molar-refractivity contribution in [3.63, 3.8) is 0 Å². The monoisotopic (exact) mass is 324 g/mol. The van der Waals surface area contributed by atoms with Crippen molar-refractivity contribution < 1.29 is 9.21 Å². The Kier molecular flexibility index (Phi) is 5.26. The Bertz CT molecular complexity index is 637. The summed E-state index contributed by atoms with van der Waals surface area (Å²) in [6, 6.07) is 6.10. The molecule has 2 atom stereocenters. The molecule has 1 saturated heterocycles. The van der Waals surface area contributed by atoms with Crippen LogP contribution in [-0.2, 0) is 0 Å². The third-order valence-corrected chi connectivity index (χ3v) is 3.78. The molecule has 0 aromatic carbocycles. The van der Waals surface area contributed by atoms with E-state index in [1.807, 2.05) is 19.1 Å². The minimum absolute atomic E-state index is 0. The highest BCUT2D eigenvalue weighted by Crippen LogP contribution is 2.20. The number of aromatic nitrogens is 2. The standard InChI is InChI=1S/C15H20N4O2.ClH/c1-9-7-11(5-6-16-9)17-15(20)13-8-12(18-19-13)14-4-3-10(2)21-14;/h3-4,8-9,11,16H,5-7H2,1-2H3,(H,17,20)(H,18,19);1H. The summed E-state index contributed by atoms with van der Waals surface area (Å²) >= 11 is 0. The molecule has 1 aliphatic rings. The third-order valence-electron chi connectivity index (χ3n) is 3.78. The fourth-order valence-corrected chi connectivity index (χ4v) is 2.67. The Balaban J connectivity index is 0.00000176. The van der Waals surface area contributed by atoms with Crippen LogP contribution in [-0.4, -0.2) is 34.7 Å². The molecule has 6 nitrogen and oxygen atoms in total. The summed E-state index contributed by atoms with van der Waals surface area (Å²) in [5.74, 6) is 1.38. The smallest absolute Gasteiger partial charge is 0.272 e. The molecule has 3 rings (SSSR count). The zero-order chi connectivity index (χ0) is 14.8. The fourth-order valence-electron chi connectivity index (χ4n) is 2.67. The average molecular weight is 325 g/mol. The molecule has 7 heteroatoms. The molecule has 22 heavy (non-hydrogen) atoms. The van der Waals surface area contributed by atoms with E-state index in [1.165, 1.54) is 0 Å². The summed E-state index contributed by atoms with van der Waals surface area (Å²) < 4.78 is 5.52. The van der Waals surface area contributed by atoms with E-state index in [1.54, 1.807) is 6.07 Å². The lowest BCUT2D eigenvalue weighted by Gasteiger charge is -2.28. The number of H-pyrrole nitrogens is 1. The van der Waals surface area contributed by atoms with Gasteiger partial charge in [-0.1, -0.05) is 0 Å². The third kappa shape index (κ3) is 3.69. The van der Waals surface area contributed by atoms with Crippen molar-refractivity contribution in [1.29, 1.82) is 0 Å². The predicted octanol–water partition coefficient (Wildman–Crippen LogP) is 2.27. The second-order valence-corrected chi connectivity index (χ2v) is 5.63. The number of aryl methyl sites for hydroxylation is 1. The van der Waals surface area contributed by atoms with Gasteiger partial charge in [0.1, 0.15) is 11.5 Å². The maximum atomic E-state index is 12.2. The number of halogens is 1. The zero-order valence-electron chi connectivity index (χ0n) is 12.7. The number of carbonyl (C=O) groups is 1. The number of rotatable bonds is 3. The van der Waals surface area contributed by atoms with Crippen molar-refractivity contribution in [3.8, 4) is 11.5 Å². The zero-order valence-corrected chi connectivity index (χ0v) is 13.5. The van der Waals surface area contributed by atoms with Crippen LogP contribution >= 0.6 is 12.4 Å². The van der Waals surface area contributed by atoms with Crippen molar-refractivity contribution in [1.82, 2.24) is 20.8 Å². The molecule has 1 aliphatic heterocycles. The number of hydrogen-bond acceptors (Lipinski definition) is 4. The van der Waals surface area contributed by atoms with Crippen LogP contribution in [0, 0.1) is 6.92 Å². The number of amides is 1. The number of nitrogens with one attached hydrogen (secondary N) is 3. The molecule has 2 aromatic rings. The predicted molar refractivity (Wildman–Crippen MR) is 86.2 cm³/mol. The molecular formula is C15H21ClN4O2. The minimum Gasteiger partial charge on any atom is -0.460 e. The quantitative estimate of drug-likeness (QED) is 0.808. The van der Waals surface area contributed by atoms with Crippen molar-refractivity contribution in [3.05, 3.63) is 29.7 Å². The van der Waals surface area contributed by atoms with Crippen LogP contribution in [0.4, 0.5) is 0 Å². The van der Waals surface area contributed by atoms with Crippen molar-refractivity contribution in [2.24, 2.45) is 0 Å². The first-order valence-electron chi connectivity index (χ1n) is 7.28. The van der Waals surface area contributed by atoms with E-state index < -0.39 is 0 Å².